The number of sulfone groups is 1. The monoisotopic (exact) mass is 472 g/mol. The van der Waals surface area contributed by atoms with E-state index in [0.717, 1.165) is 0 Å². The van der Waals surface area contributed by atoms with Gasteiger partial charge in [0.05, 0.1) is 9.79 Å². The van der Waals surface area contributed by atoms with E-state index in [1.54, 1.807) is 60.7 Å². The predicted octanol–water partition coefficient (Wildman–Crippen LogP) is 6.20. The molecule has 0 unspecified atom stereocenters. The van der Waals surface area contributed by atoms with Gasteiger partial charge < -0.3 is 9.47 Å². The van der Waals surface area contributed by atoms with Crippen LogP contribution in [0.25, 0.3) is 0 Å². The molecular formula is C22H14Cl2N2O4S. The Morgan fingerprint density at radius 2 is 0.968 bits per heavy atom. The minimum atomic E-state index is -3.72. The van der Waals surface area contributed by atoms with Crippen LogP contribution in [0.3, 0.4) is 0 Å². The first kappa shape index (κ1) is 21.1. The van der Waals surface area contributed by atoms with Crippen LogP contribution in [0.2, 0.25) is 10.3 Å². The standard InChI is InChI=1S/C22H14Cl2N2O4S/c23-19-3-1-5-21(25-19)29-15-7-11-17(12-8-15)31(27,28)18-13-9-16(10-14-18)30-22-6-2-4-20(24)26-22/h1-14H. The molecule has 0 amide bonds. The lowest BCUT2D eigenvalue weighted by molar-refractivity contribution is 0.462. The highest BCUT2D eigenvalue weighted by Crippen LogP contribution is 2.28. The van der Waals surface area contributed by atoms with Crippen LogP contribution in [0.4, 0.5) is 0 Å². The summed E-state index contributed by atoms with van der Waals surface area (Å²) >= 11 is 11.7. The molecule has 0 saturated carbocycles. The summed E-state index contributed by atoms with van der Waals surface area (Å²) in [6.45, 7) is 0. The number of aromatic nitrogens is 2. The van der Waals surface area contributed by atoms with E-state index in [1.165, 1.54) is 24.3 Å². The highest BCUT2D eigenvalue weighted by Gasteiger charge is 2.18. The molecular weight excluding hydrogens is 459 g/mol. The Bertz CT molecular complexity index is 1220. The van der Waals surface area contributed by atoms with Gasteiger partial charge in [0.25, 0.3) is 0 Å². The van der Waals surface area contributed by atoms with Gasteiger partial charge >= 0.3 is 0 Å². The minimum Gasteiger partial charge on any atom is -0.439 e. The van der Waals surface area contributed by atoms with Crippen molar-refractivity contribution in [1.29, 1.82) is 0 Å². The van der Waals surface area contributed by atoms with Gasteiger partial charge in [0, 0.05) is 12.1 Å². The predicted molar refractivity (Wildman–Crippen MR) is 117 cm³/mol. The summed E-state index contributed by atoms with van der Waals surface area (Å²) in [4.78, 5) is 8.32. The van der Waals surface area contributed by atoms with Gasteiger partial charge in [-0.3, -0.25) is 0 Å². The first-order chi connectivity index (χ1) is 14.9. The molecule has 0 bridgehead atoms. The topological polar surface area (TPSA) is 78.4 Å². The third-order valence-corrected chi connectivity index (χ3v) is 6.30. The molecule has 156 valence electrons. The SMILES string of the molecule is O=S(=O)(c1ccc(Oc2cccc(Cl)n2)cc1)c1ccc(Oc2cccc(Cl)n2)cc1. The molecule has 31 heavy (non-hydrogen) atoms. The van der Waals surface area contributed by atoms with Crippen LogP contribution in [0.5, 0.6) is 23.3 Å². The Balaban J connectivity index is 1.50. The number of hydrogen-bond donors (Lipinski definition) is 0. The van der Waals surface area contributed by atoms with Crippen molar-refractivity contribution in [3.8, 4) is 23.3 Å². The molecule has 0 saturated heterocycles. The van der Waals surface area contributed by atoms with E-state index in [2.05, 4.69) is 9.97 Å². The average Bonchev–Trinajstić information content (AvgIpc) is 2.75. The first-order valence-electron chi connectivity index (χ1n) is 8.96. The number of pyridine rings is 2. The van der Waals surface area contributed by atoms with Gasteiger partial charge in [-0.2, -0.15) is 0 Å². The third-order valence-electron chi connectivity index (χ3n) is 4.09. The zero-order valence-electron chi connectivity index (χ0n) is 15.8. The van der Waals surface area contributed by atoms with Crippen LogP contribution in [0.15, 0.2) is 94.7 Å². The molecule has 0 aliphatic rings. The molecule has 0 radical (unpaired) electrons. The van der Waals surface area contributed by atoms with Gasteiger partial charge in [-0.25, -0.2) is 18.4 Å². The maximum absolute atomic E-state index is 12.9. The third kappa shape index (κ3) is 5.14. The summed E-state index contributed by atoms with van der Waals surface area (Å²) in [5, 5.41) is 0.602. The van der Waals surface area contributed by atoms with Crippen molar-refractivity contribution >= 4 is 33.0 Å². The van der Waals surface area contributed by atoms with Crippen LogP contribution in [-0.2, 0) is 9.84 Å². The van der Waals surface area contributed by atoms with Crippen molar-refractivity contribution in [3.63, 3.8) is 0 Å². The zero-order valence-corrected chi connectivity index (χ0v) is 18.1. The highest BCUT2D eigenvalue weighted by molar-refractivity contribution is 7.91. The second-order valence-electron chi connectivity index (χ2n) is 6.25. The molecule has 0 aliphatic carbocycles. The molecule has 0 spiro atoms. The number of rotatable bonds is 6. The van der Waals surface area contributed by atoms with E-state index in [1.807, 2.05) is 0 Å². The van der Waals surface area contributed by atoms with Crippen molar-refractivity contribution < 1.29 is 17.9 Å². The fourth-order valence-electron chi connectivity index (χ4n) is 2.64. The number of benzene rings is 2. The normalized spacial score (nSPS) is 11.2. The number of nitrogens with zero attached hydrogens (tertiary/aromatic N) is 2. The fourth-order valence-corrected chi connectivity index (χ4v) is 4.22. The number of halogens is 2. The smallest absolute Gasteiger partial charge is 0.220 e. The van der Waals surface area contributed by atoms with E-state index < -0.39 is 9.84 Å². The maximum Gasteiger partial charge on any atom is 0.220 e. The quantitative estimate of drug-likeness (QED) is 0.310. The van der Waals surface area contributed by atoms with Gasteiger partial charge in [0.1, 0.15) is 21.8 Å². The first-order valence-corrected chi connectivity index (χ1v) is 11.2. The van der Waals surface area contributed by atoms with E-state index in [0.29, 0.717) is 33.6 Å². The summed E-state index contributed by atoms with van der Waals surface area (Å²) in [7, 11) is -3.72. The van der Waals surface area contributed by atoms with Crippen LogP contribution in [-0.4, -0.2) is 18.4 Å². The van der Waals surface area contributed by atoms with Gasteiger partial charge in [0.15, 0.2) is 0 Å². The molecule has 0 aliphatic heterocycles. The van der Waals surface area contributed by atoms with Crippen molar-refractivity contribution in [2.45, 2.75) is 9.79 Å². The molecule has 9 heteroatoms. The summed E-state index contributed by atoms with van der Waals surface area (Å²) in [6, 6.07) is 22.1. The van der Waals surface area contributed by atoms with Crippen molar-refractivity contribution in [2.24, 2.45) is 0 Å². The molecule has 6 nitrogen and oxygen atoms in total. The lowest BCUT2D eigenvalue weighted by atomic mass is 10.3. The van der Waals surface area contributed by atoms with Crippen LogP contribution >= 0.6 is 23.2 Å². The van der Waals surface area contributed by atoms with Crippen LogP contribution in [0.1, 0.15) is 0 Å². The van der Waals surface area contributed by atoms with Gasteiger partial charge in [0.2, 0.25) is 21.6 Å². The summed E-state index contributed by atoms with van der Waals surface area (Å²) in [6.07, 6.45) is 0. The minimum absolute atomic E-state index is 0.129. The Morgan fingerprint density at radius 3 is 1.32 bits per heavy atom. The second kappa shape index (κ2) is 8.93. The number of hydrogen-bond acceptors (Lipinski definition) is 6. The molecule has 0 fully saturated rings. The van der Waals surface area contributed by atoms with Crippen LogP contribution in [0, 0.1) is 0 Å². The van der Waals surface area contributed by atoms with Crippen LogP contribution < -0.4 is 9.47 Å². The van der Waals surface area contributed by atoms with Crippen molar-refractivity contribution in [1.82, 2.24) is 9.97 Å². The molecule has 0 N–H and O–H groups in total. The molecule has 4 rings (SSSR count). The zero-order chi connectivity index (χ0) is 21.8. The molecule has 2 heterocycles. The summed E-state index contributed by atoms with van der Waals surface area (Å²) in [5.41, 5.74) is 0. The van der Waals surface area contributed by atoms with E-state index >= 15 is 0 Å². The Labute approximate surface area is 189 Å². The number of ether oxygens (including phenoxy) is 2. The van der Waals surface area contributed by atoms with E-state index in [-0.39, 0.29) is 9.79 Å². The van der Waals surface area contributed by atoms with Crippen molar-refractivity contribution in [3.05, 3.63) is 95.2 Å². The van der Waals surface area contributed by atoms with Crippen molar-refractivity contribution in [2.75, 3.05) is 0 Å². The lowest BCUT2D eigenvalue weighted by Gasteiger charge is -2.09. The summed E-state index contributed by atoms with van der Waals surface area (Å²) in [5.74, 6) is 1.50. The van der Waals surface area contributed by atoms with Gasteiger partial charge in [-0.15, -0.1) is 0 Å². The molecule has 2 aromatic carbocycles. The molecule has 4 aromatic rings. The Hall–Kier alpha value is -3.13. The van der Waals surface area contributed by atoms with Gasteiger partial charge in [-0.1, -0.05) is 35.3 Å². The summed E-state index contributed by atoms with van der Waals surface area (Å²) < 4.78 is 37.0. The maximum atomic E-state index is 12.9. The fraction of sp³-hybridized carbons (Fsp3) is 0. The van der Waals surface area contributed by atoms with Gasteiger partial charge in [-0.05, 0) is 60.7 Å². The van der Waals surface area contributed by atoms with E-state index in [9.17, 15) is 8.42 Å². The molecule has 0 atom stereocenters. The molecule has 2 aromatic heterocycles. The average molecular weight is 473 g/mol. The Kier molecular flexibility index (Phi) is 6.08. The van der Waals surface area contributed by atoms with E-state index in [4.69, 9.17) is 32.7 Å². The lowest BCUT2D eigenvalue weighted by Crippen LogP contribution is -2.02. The largest absolute Gasteiger partial charge is 0.439 e. The Morgan fingerprint density at radius 1 is 0.581 bits per heavy atom. The highest BCUT2D eigenvalue weighted by atomic mass is 35.5. The second-order valence-corrected chi connectivity index (χ2v) is 8.97.